The molecule has 8 nitrogen and oxygen atoms in total. The zero-order chi connectivity index (χ0) is 17.2. The van der Waals surface area contributed by atoms with E-state index in [0.29, 0.717) is 0 Å². The van der Waals surface area contributed by atoms with E-state index in [4.69, 9.17) is 10.5 Å². The summed E-state index contributed by atoms with van der Waals surface area (Å²) < 4.78 is 4.96. The monoisotopic (exact) mass is 323 g/mol. The third kappa shape index (κ3) is 7.82. The second kappa shape index (κ2) is 9.42. The number of rotatable bonds is 8. The van der Waals surface area contributed by atoms with E-state index in [1.807, 2.05) is 30.3 Å². The summed E-state index contributed by atoms with van der Waals surface area (Å²) in [7, 11) is 0. The third-order valence-electron chi connectivity index (χ3n) is 2.92. The molecular weight excluding hydrogens is 302 g/mol. The largest absolute Gasteiger partial charge is 0.445 e. The minimum atomic E-state index is -1.10. The number of nitrogens with two attached hydrogens (primary N) is 1. The molecule has 0 fully saturated rings. The molecule has 126 valence electrons. The summed E-state index contributed by atoms with van der Waals surface area (Å²) in [6.07, 6.45) is -2.06. The van der Waals surface area contributed by atoms with Crippen molar-refractivity contribution in [1.29, 1.82) is 0 Å². The maximum Gasteiger partial charge on any atom is 0.407 e. The molecule has 0 spiro atoms. The Kier molecular flexibility index (Phi) is 7.55. The van der Waals surface area contributed by atoms with Crippen LogP contribution >= 0.6 is 0 Å². The maximum atomic E-state index is 11.5. The van der Waals surface area contributed by atoms with E-state index in [9.17, 15) is 19.5 Å². The molecule has 0 aliphatic rings. The lowest BCUT2D eigenvalue weighted by molar-refractivity contribution is -0.128. The fourth-order valence-electron chi connectivity index (χ4n) is 1.63. The fraction of sp³-hybridized carbons (Fsp3) is 0.400. The van der Waals surface area contributed by atoms with E-state index in [1.54, 1.807) is 0 Å². The molecule has 0 aliphatic heterocycles. The van der Waals surface area contributed by atoms with Gasteiger partial charge >= 0.3 is 6.09 Å². The number of carbonyl (C=O) groups excluding carboxylic acids is 3. The highest BCUT2D eigenvalue weighted by atomic mass is 16.5. The maximum absolute atomic E-state index is 11.5. The van der Waals surface area contributed by atoms with Crippen LogP contribution in [0.1, 0.15) is 18.9 Å². The van der Waals surface area contributed by atoms with Crippen LogP contribution in [0, 0.1) is 0 Å². The number of aliphatic hydroxyl groups excluding tert-OH is 1. The van der Waals surface area contributed by atoms with Crippen LogP contribution in [0.25, 0.3) is 0 Å². The lowest BCUT2D eigenvalue weighted by atomic mass is 10.2. The molecule has 0 radical (unpaired) electrons. The van der Waals surface area contributed by atoms with Crippen molar-refractivity contribution in [2.24, 2.45) is 5.73 Å². The van der Waals surface area contributed by atoms with Crippen molar-refractivity contribution in [3.8, 4) is 0 Å². The first-order valence-corrected chi connectivity index (χ1v) is 7.09. The van der Waals surface area contributed by atoms with E-state index < -0.39 is 30.1 Å². The van der Waals surface area contributed by atoms with Crippen LogP contribution in [0.4, 0.5) is 4.79 Å². The molecule has 3 amide bonds. The second-order valence-electron chi connectivity index (χ2n) is 4.99. The number of hydrogen-bond acceptors (Lipinski definition) is 5. The fourth-order valence-corrected chi connectivity index (χ4v) is 1.63. The van der Waals surface area contributed by atoms with Gasteiger partial charge in [-0.1, -0.05) is 30.3 Å². The van der Waals surface area contributed by atoms with E-state index >= 15 is 0 Å². The standard InChI is InChI=1S/C15H21N3O5/c1-10(14(16)21)18-13(20)7-12(19)8-17-15(22)23-9-11-5-3-2-4-6-11/h2-6,10,12,19H,7-9H2,1H3,(H2,16,21)(H,17,22)(H,18,20)/t10-,12-/m0/s1. The average molecular weight is 323 g/mol. The first-order valence-electron chi connectivity index (χ1n) is 7.09. The second-order valence-corrected chi connectivity index (χ2v) is 4.99. The molecular formula is C15H21N3O5. The van der Waals surface area contributed by atoms with Crippen LogP contribution < -0.4 is 16.4 Å². The highest BCUT2D eigenvalue weighted by molar-refractivity contribution is 5.86. The van der Waals surface area contributed by atoms with Gasteiger partial charge in [-0.2, -0.15) is 0 Å². The molecule has 8 heteroatoms. The van der Waals surface area contributed by atoms with Gasteiger partial charge in [0.15, 0.2) is 0 Å². The summed E-state index contributed by atoms with van der Waals surface area (Å²) >= 11 is 0. The minimum absolute atomic E-state index is 0.110. The lowest BCUT2D eigenvalue weighted by Crippen LogP contribution is -2.44. The average Bonchev–Trinajstić information content (AvgIpc) is 2.51. The van der Waals surface area contributed by atoms with Gasteiger partial charge in [0.05, 0.1) is 12.5 Å². The number of aliphatic hydroxyl groups is 1. The summed E-state index contributed by atoms with van der Waals surface area (Å²) in [5, 5.41) is 14.3. The Morgan fingerprint density at radius 2 is 1.91 bits per heavy atom. The molecule has 1 rings (SSSR count). The molecule has 5 N–H and O–H groups in total. The van der Waals surface area contributed by atoms with E-state index in [2.05, 4.69) is 10.6 Å². The van der Waals surface area contributed by atoms with Crippen molar-refractivity contribution in [1.82, 2.24) is 10.6 Å². The topological polar surface area (TPSA) is 131 Å². The molecule has 0 heterocycles. The Balaban J connectivity index is 2.22. The van der Waals surface area contributed by atoms with Gasteiger partial charge in [-0.15, -0.1) is 0 Å². The predicted octanol–water partition coefficient (Wildman–Crippen LogP) is -0.346. The zero-order valence-electron chi connectivity index (χ0n) is 12.8. The molecule has 1 aromatic carbocycles. The predicted molar refractivity (Wildman–Crippen MR) is 82.1 cm³/mol. The van der Waals surface area contributed by atoms with Gasteiger partial charge < -0.3 is 26.2 Å². The van der Waals surface area contributed by atoms with Crippen LogP contribution in [0.2, 0.25) is 0 Å². The van der Waals surface area contributed by atoms with Crippen LogP contribution in [0.5, 0.6) is 0 Å². The normalized spacial score (nSPS) is 12.8. The Morgan fingerprint density at radius 1 is 1.26 bits per heavy atom. The third-order valence-corrected chi connectivity index (χ3v) is 2.92. The number of nitrogens with one attached hydrogen (secondary N) is 2. The number of ether oxygens (including phenoxy) is 1. The van der Waals surface area contributed by atoms with Gasteiger partial charge in [-0.05, 0) is 12.5 Å². The van der Waals surface area contributed by atoms with Gasteiger partial charge in [0.1, 0.15) is 12.6 Å². The molecule has 23 heavy (non-hydrogen) atoms. The van der Waals surface area contributed by atoms with E-state index in [-0.39, 0.29) is 19.6 Å². The lowest BCUT2D eigenvalue weighted by Gasteiger charge is -2.14. The summed E-state index contributed by atoms with van der Waals surface area (Å²) in [4.78, 5) is 33.8. The van der Waals surface area contributed by atoms with Crippen molar-refractivity contribution < 1.29 is 24.2 Å². The minimum Gasteiger partial charge on any atom is -0.445 e. The summed E-state index contributed by atoms with van der Waals surface area (Å²) in [5.74, 6) is -1.21. The van der Waals surface area contributed by atoms with E-state index in [1.165, 1.54) is 6.92 Å². The first kappa shape index (κ1) is 18.4. The van der Waals surface area contributed by atoms with Crippen LogP contribution in [-0.2, 0) is 20.9 Å². The molecule has 1 aromatic rings. The van der Waals surface area contributed by atoms with Crippen molar-refractivity contribution in [3.63, 3.8) is 0 Å². The molecule has 0 aliphatic carbocycles. The van der Waals surface area contributed by atoms with Crippen molar-refractivity contribution in [2.75, 3.05) is 6.54 Å². The van der Waals surface area contributed by atoms with Crippen LogP contribution in [0.3, 0.4) is 0 Å². The van der Waals surface area contributed by atoms with Gasteiger partial charge in [-0.25, -0.2) is 4.79 Å². The molecule has 0 saturated carbocycles. The summed E-state index contributed by atoms with van der Waals surface area (Å²) in [6.45, 7) is 1.40. The van der Waals surface area contributed by atoms with Gasteiger partial charge in [0, 0.05) is 6.54 Å². The molecule has 0 aromatic heterocycles. The molecule has 0 bridgehead atoms. The highest BCUT2D eigenvalue weighted by Crippen LogP contribution is 2.00. The Hall–Kier alpha value is -2.61. The van der Waals surface area contributed by atoms with Crippen molar-refractivity contribution >= 4 is 17.9 Å². The number of alkyl carbamates (subject to hydrolysis) is 1. The Labute approximate surface area is 134 Å². The molecule has 0 unspecified atom stereocenters. The summed E-state index contributed by atoms with van der Waals surface area (Å²) in [6, 6.07) is 8.31. The van der Waals surface area contributed by atoms with Gasteiger partial charge in [-0.3, -0.25) is 9.59 Å². The Morgan fingerprint density at radius 3 is 2.52 bits per heavy atom. The zero-order valence-corrected chi connectivity index (χ0v) is 12.8. The summed E-state index contributed by atoms with van der Waals surface area (Å²) in [5.41, 5.74) is 5.84. The number of carbonyl (C=O) groups is 3. The number of hydrogen-bond donors (Lipinski definition) is 4. The highest BCUT2D eigenvalue weighted by Gasteiger charge is 2.16. The van der Waals surface area contributed by atoms with Crippen LogP contribution in [-0.4, -0.2) is 41.7 Å². The smallest absolute Gasteiger partial charge is 0.407 e. The number of primary amides is 1. The van der Waals surface area contributed by atoms with Gasteiger partial charge in [0.2, 0.25) is 11.8 Å². The van der Waals surface area contributed by atoms with Gasteiger partial charge in [0.25, 0.3) is 0 Å². The van der Waals surface area contributed by atoms with Crippen LogP contribution in [0.15, 0.2) is 30.3 Å². The molecule has 0 saturated heterocycles. The number of benzene rings is 1. The Bertz CT molecular complexity index is 535. The van der Waals surface area contributed by atoms with E-state index in [0.717, 1.165) is 5.56 Å². The SMILES string of the molecule is C[C@H](NC(=O)C[C@H](O)CNC(=O)OCc1ccccc1)C(N)=O. The first-order chi connectivity index (χ1) is 10.9. The number of amides is 3. The molecule has 2 atom stereocenters. The quantitative estimate of drug-likeness (QED) is 0.519. The van der Waals surface area contributed by atoms with Crippen molar-refractivity contribution in [2.45, 2.75) is 32.1 Å². The van der Waals surface area contributed by atoms with Crippen molar-refractivity contribution in [3.05, 3.63) is 35.9 Å².